The summed E-state index contributed by atoms with van der Waals surface area (Å²) in [5.74, 6) is 0.0888. The molecule has 0 radical (unpaired) electrons. The highest BCUT2D eigenvalue weighted by molar-refractivity contribution is 7.92. The van der Waals surface area contributed by atoms with Crippen molar-refractivity contribution in [2.45, 2.75) is 30.3 Å². The molecule has 0 bridgehead atoms. The normalized spacial score (nSPS) is 14.2. The molecule has 32 heavy (non-hydrogen) atoms. The summed E-state index contributed by atoms with van der Waals surface area (Å²) in [5, 5.41) is 2.70. The van der Waals surface area contributed by atoms with Crippen molar-refractivity contribution in [3.63, 3.8) is 0 Å². The van der Waals surface area contributed by atoms with Gasteiger partial charge in [-0.1, -0.05) is 17.7 Å². The molecule has 2 aromatic carbocycles. The van der Waals surface area contributed by atoms with Crippen LogP contribution in [0.4, 0.5) is 18.9 Å². The van der Waals surface area contributed by atoms with E-state index in [4.69, 9.17) is 16.3 Å². The summed E-state index contributed by atoms with van der Waals surface area (Å²) in [4.78, 5) is 12.1. The van der Waals surface area contributed by atoms with Gasteiger partial charge in [-0.2, -0.15) is 13.2 Å². The standard InChI is InChI=1S/C21H22ClF3N2O4S/c22-19-8-7-17(12-18(19)20(28)26-9-2-10-31-13-14-5-6-14)32(29,30)27-16-4-1-3-15(11-16)21(23,24)25/h1,3-4,7-8,11-12,14,27H,2,5-6,9-10,13H2,(H,26,28). The van der Waals surface area contributed by atoms with Gasteiger partial charge in [-0.3, -0.25) is 9.52 Å². The SMILES string of the molecule is O=C(NCCCOCC1CC1)c1cc(S(=O)(=O)Nc2cccc(C(F)(F)F)c2)ccc1Cl. The number of carbonyl (C=O) groups is 1. The molecule has 3 rings (SSSR count). The summed E-state index contributed by atoms with van der Waals surface area (Å²) in [7, 11) is -4.26. The molecule has 1 aliphatic rings. The largest absolute Gasteiger partial charge is 0.416 e. The number of carbonyl (C=O) groups excluding carboxylic acids is 1. The summed E-state index contributed by atoms with van der Waals surface area (Å²) >= 11 is 6.05. The number of benzene rings is 2. The molecule has 0 unspecified atom stereocenters. The van der Waals surface area contributed by atoms with Crippen molar-refractivity contribution >= 4 is 33.2 Å². The topological polar surface area (TPSA) is 84.5 Å². The van der Waals surface area contributed by atoms with Gasteiger partial charge in [0.05, 0.1) is 21.0 Å². The van der Waals surface area contributed by atoms with Crippen molar-refractivity contribution in [2.75, 3.05) is 24.5 Å². The molecule has 0 spiro atoms. The van der Waals surface area contributed by atoms with Gasteiger partial charge in [0.25, 0.3) is 15.9 Å². The average Bonchev–Trinajstić information content (AvgIpc) is 3.54. The van der Waals surface area contributed by atoms with E-state index >= 15 is 0 Å². The van der Waals surface area contributed by atoms with Gasteiger partial charge in [-0.15, -0.1) is 0 Å². The Bertz CT molecular complexity index is 1070. The maximum Gasteiger partial charge on any atom is 0.416 e. The van der Waals surface area contributed by atoms with Gasteiger partial charge in [0, 0.05) is 25.4 Å². The molecule has 11 heteroatoms. The van der Waals surface area contributed by atoms with Crippen molar-refractivity contribution in [3.05, 3.63) is 58.6 Å². The van der Waals surface area contributed by atoms with Crippen LogP contribution < -0.4 is 10.0 Å². The van der Waals surface area contributed by atoms with E-state index in [0.29, 0.717) is 31.6 Å². The second kappa shape index (κ2) is 10.1. The van der Waals surface area contributed by atoms with E-state index < -0.39 is 27.7 Å². The molecule has 1 aliphatic carbocycles. The van der Waals surface area contributed by atoms with Crippen LogP contribution in [0.3, 0.4) is 0 Å². The van der Waals surface area contributed by atoms with Gasteiger partial charge in [-0.25, -0.2) is 8.42 Å². The molecule has 1 amide bonds. The Labute approximate surface area is 189 Å². The Kier molecular flexibility index (Phi) is 7.68. The van der Waals surface area contributed by atoms with Crippen LogP contribution in [0.5, 0.6) is 0 Å². The molecular formula is C21H22ClF3N2O4S. The number of halogens is 4. The first kappa shape index (κ1) is 24.3. The predicted molar refractivity (Wildman–Crippen MR) is 114 cm³/mol. The van der Waals surface area contributed by atoms with Gasteiger partial charge in [0.15, 0.2) is 0 Å². The third-order valence-electron chi connectivity index (χ3n) is 4.74. The van der Waals surface area contributed by atoms with Crippen LogP contribution >= 0.6 is 11.6 Å². The first-order valence-corrected chi connectivity index (χ1v) is 11.8. The number of hydrogen-bond donors (Lipinski definition) is 2. The molecule has 0 heterocycles. The fourth-order valence-corrected chi connectivity index (χ4v) is 4.10. The van der Waals surface area contributed by atoms with Gasteiger partial charge in [-0.05, 0) is 61.6 Å². The first-order chi connectivity index (χ1) is 15.1. The minimum absolute atomic E-state index is 0.0468. The van der Waals surface area contributed by atoms with E-state index in [0.717, 1.165) is 24.8 Å². The van der Waals surface area contributed by atoms with Gasteiger partial charge in [0.2, 0.25) is 0 Å². The molecule has 2 aromatic rings. The van der Waals surface area contributed by atoms with E-state index in [2.05, 4.69) is 10.0 Å². The predicted octanol–water partition coefficient (Wildman–Crippen LogP) is 4.71. The number of ether oxygens (including phenoxy) is 1. The zero-order chi connectivity index (χ0) is 23.4. The smallest absolute Gasteiger partial charge is 0.381 e. The third-order valence-corrected chi connectivity index (χ3v) is 6.44. The van der Waals surface area contributed by atoms with Gasteiger partial charge >= 0.3 is 6.18 Å². The molecule has 1 saturated carbocycles. The molecule has 0 aliphatic heterocycles. The number of sulfonamides is 1. The van der Waals surface area contributed by atoms with E-state index in [1.54, 1.807) is 0 Å². The van der Waals surface area contributed by atoms with Crippen LogP contribution in [0, 0.1) is 5.92 Å². The number of alkyl halides is 3. The summed E-state index contributed by atoms with van der Waals surface area (Å²) in [6.07, 6.45) is -1.64. The van der Waals surface area contributed by atoms with Crippen LogP contribution in [0.2, 0.25) is 5.02 Å². The Morgan fingerprint density at radius 3 is 2.59 bits per heavy atom. The maximum atomic E-state index is 12.9. The Morgan fingerprint density at radius 1 is 1.16 bits per heavy atom. The molecule has 1 fully saturated rings. The lowest BCUT2D eigenvalue weighted by Gasteiger charge is -2.13. The highest BCUT2D eigenvalue weighted by Gasteiger charge is 2.31. The Morgan fingerprint density at radius 2 is 1.91 bits per heavy atom. The van der Waals surface area contributed by atoms with Crippen molar-refractivity contribution < 1.29 is 31.1 Å². The van der Waals surface area contributed by atoms with Crippen LogP contribution in [-0.2, 0) is 20.9 Å². The Hall–Kier alpha value is -2.30. The maximum absolute atomic E-state index is 12.9. The van der Waals surface area contributed by atoms with Crippen LogP contribution in [0.25, 0.3) is 0 Å². The van der Waals surface area contributed by atoms with Gasteiger partial charge < -0.3 is 10.1 Å². The molecule has 0 atom stereocenters. The van der Waals surface area contributed by atoms with Gasteiger partial charge in [0.1, 0.15) is 0 Å². The Balaban J connectivity index is 1.64. The fraction of sp³-hybridized carbons (Fsp3) is 0.381. The molecule has 0 aromatic heterocycles. The van der Waals surface area contributed by atoms with Crippen LogP contribution in [0.1, 0.15) is 35.2 Å². The summed E-state index contributed by atoms with van der Waals surface area (Å²) in [6.45, 7) is 1.54. The van der Waals surface area contributed by atoms with Crippen molar-refractivity contribution in [1.82, 2.24) is 5.32 Å². The number of amides is 1. The number of anilines is 1. The zero-order valence-corrected chi connectivity index (χ0v) is 18.5. The zero-order valence-electron chi connectivity index (χ0n) is 16.9. The summed E-state index contributed by atoms with van der Waals surface area (Å²) < 4.78 is 71.5. The van der Waals surface area contributed by atoms with Crippen molar-refractivity contribution in [2.24, 2.45) is 5.92 Å². The van der Waals surface area contributed by atoms with E-state index in [1.807, 2.05) is 0 Å². The average molecular weight is 491 g/mol. The molecule has 174 valence electrons. The second-order valence-electron chi connectivity index (χ2n) is 7.45. The minimum atomic E-state index is -4.62. The first-order valence-electron chi connectivity index (χ1n) is 9.92. The van der Waals surface area contributed by atoms with E-state index in [9.17, 15) is 26.4 Å². The summed E-state index contributed by atoms with van der Waals surface area (Å²) in [5.41, 5.74) is -1.31. The lowest BCUT2D eigenvalue weighted by molar-refractivity contribution is -0.137. The monoisotopic (exact) mass is 490 g/mol. The number of rotatable bonds is 10. The molecule has 6 nitrogen and oxygen atoms in total. The molecule has 0 saturated heterocycles. The third kappa shape index (κ3) is 6.85. The van der Waals surface area contributed by atoms with E-state index in [1.165, 1.54) is 31.0 Å². The summed E-state index contributed by atoms with van der Waals surface area (Å²) in [6, 6.07) is 7.30. The van der Waals surface area contributed by atoms with E-state index in [-0.39, 0.29) is 21.2 Å². The number of hydrogen-bond acceptors (Lipinski definition) is 4. The molecular weight excluding hydrogens is 469 g/mol. The fourth-order valence-electron chi connectivity index (χ4n) is 2.82. The minimum Gasteiger partial charge on any atom is -0.381 e. The van der Waals surface area contributed by atoms with Crippen molar-refractivity contribution in [1.29, 1.82) is 0 Å². The number of nitrogens with one attached hydrogen (secondary N) is 2. The van der Waals surface area contributed by atoms with Crippen molar-refractivity contribution in [3.8, 4) is 0 Å². The molecule has 2 N–H and O–H groups in total. The highest BCUT2D eigenvalue weighted by atomic mass is 35.5. The van der Waals surface area contributed by atoms with Crippen LogP contribution in [0.15, 0.2) is 47.4 Å². The second-order valence-corrected chi connectivity index (χ2v) is 9.54. The van der Waals surface area contributed by atoms with Crippen LogP contribution in [-0.4, -0.2) is 34.1 Å². The highest BCUT2D eigenvalue weighted by Crippen LogP contribution is 2.31. The lowest BCUT2D eigenvalue weighted by Crippen LogP contribution is -2.26. The quantitative estimate of drug-likeness (QED) is 0.472. The lowest BCUT2D eigenvalue weighted by atomic mass is 10.2.